The number of carboxylic acid groups (broad SMARTS) is 1. The van der Waals surface area contributed by atoms with Gasteiger partial charge in [-0.3, -0.25) is 9.36 Å². The Hall–Kier alpha value is -3.61. The minimum absolute atomic E-state index is 0.205. The van der Waals surface area contributed by atoms with E-state index in [4.69, 9.17) is 0 Å². The number of carboxylic acids is 1. The van der Waals surface area contributed by atoms with Gasteiger partial charge in [-0.15, -0.1) is 0 Å². The van der Waals surface area contributed by atoms with Gasteiger partial charge in [0.1, 0.15) is 6.04 Å². The molecule has 0 saturated heterocycles. The lowest BCUT2D eigenvalue weighted by Gasteiger charge is -2.18. The second kappa shape index (κ2) is 7.91. The number of rotatable bonds is 6. The molecule has 7 nitrogen and oxygen atoms in total. The third kappa shape index (κ3) is 3.36. The van der Waals surface area contributed by atoms with Crippen LogP contribution in [-0.4, -0.2) is 24.8 Å². The summed E-state index contributed by atoms with van der Waals surface area (Å²) in [6, 6.07) is 11.7. The van der Waals surface area contributed by atoms with E-state index in [2.05, 4.69) is 0 Å². The van der Waals surface area contributed by atoms with Gasteiger partial charge in [-0.05, 0) is 42.7 Å². The van der Waals surface area contributed by atoms with E-state index in [9.17, 15) is 19.5 Å². The number of fused-ring (bicyclic) bond motifs is 2. The van der Waals surface area contributed by atoms with Crippen molar-refractivity contribution in [1.29, 1.82) is 0 Å². The highest BCUT2D eigenvalue weighted by molar-refractivity contribution is 5.87. The molecule has 0 aliphatic heterocycles. The molecule has 0 saturated carbocycles. The molecule has 160 valence electrons. The van der Waals surface area contributed by atoms with Gasteiger partial charge in [0.15, 0.2) is 0 Å². The van der Waals surface area contributed by atoms with Crippen molar-refractivity contribution >= 4 is 27.8 Å². The number of aromatic nitrogens is 3. The molecule has 0 aliphatic rings. The van der Waals surface area contributed by atoms with Crippen LogP contribution in [0.15, 0.2) is 58.3 Å². The van der Waals surface area contributed by atoms with Gasteiger partial charge in [0, 0.05) is 24.1 Å². The van der Waals surface area contributed by atoms with Crippen LogP contribution in [0.1, 0.15) is 36.9 Å². The van der Waals surface area contributed by atoms with Crippen LogP contribution in [0.4, 0.5) is 0 Å². The van der Waals surface area contributed by atoms with E-state index < -0.39 is 23.3 Å². The summed E-state index contributed by atoms with van der Waals surface area (Å²) < 4.78 is 4.44. The summed E-state index contributed by atoms with van der Waals surface area (Å²) in [5.74, 6) is -1.18. The van der Waals surface area contributed by atoms with E-state index in [1.165, 1.54) is 4.57 Å². The van der Waals surface area contributed by atoms with Crippen LogP contribution < -0.4 is 11.2 Å². The average molecular weight is 419 g/mol. The Morgan fingerprint density at radius 1 is 1.06 bits per heavy atom. The van der Waals surface area contributed by atoms with Gasteiger partial charge in [-0.25, -0.2) is 14.2 Å². The molecule has 0 aliphatic carbocycles. The first-order valence-corrected chi connectivity index (χ1v) is 10.4. The Morgan fingerprint density at radius 2 is 1.77 bits per heavy atom. The Kier molecular flexibility index (Phi) is 5.27. The monoisotopic (exact) mass is 419 g/mol. The van der Waals surface area contributed by atoms with Gasteiger partial charge in [-0.2, -0.15) is 0 Å². The number of carbonyl (C=O) groups is 1. The fraction of sp³-hybridized carbons (Fsp3) is 0.292. The van der Waals surface area contributed by atoms with Gasteiger partial charge in [0.05, 0.1) is 17.4 Å². The first-order valence-electron chi connectivity index (χ1n) is 10.4. The third-order valence-electron chi connectivity index (χ3n) is 5.87. The van der Waals surface area contributed by atoms with Crippen LogP contribution >= 0.6 is 0 Å². The Morgan fingerprint density at radius 3 is 2.48 bits per heavy atom. The highest BCUT2D eigenvalue weighted by Gasteiger charge is 2.25. The molecule has 1 atom stereocenters. The van der Waals surface area contributed by atoms with E-state index >= 15 is 0 Å². The summed E-state index contributed by atoms with van der Waals surface area (Å²) in [5.41, 5.74) is 2.42. The van der Waals surface area contributed by atoms with Crippen molar-refractivity contribution in [3.05, 3.63) is 80.6 Å². The zero-order valence-corrected chi connectivity index (χ0v) is 17.8. The molecule has 31 heavy (non-hydrogen) atoms. The highest BCUT2D eigenvalue weighted by Crippen LogP contribution is 2.25. The molecule has 1 unspecified atom stereocenters. The van der Waals surface area contributed by atoms with E-state index in [1.54, 1.807) is 24.3 Å². The first kappa shape index (κ1) is 20.7. The van der Waals surface area contributed by atoms with Crippen LogP contribution in [0.25, 0.3) is 21.8 Å². The summed E-state index contributed by atoms with van der Waals surface area (Å²) in [6.07, 6.45) is 2.73. The quantitative estimate of drug-likeness (QED) is 0.519. The fourth-order valence-electron chi connectivity index (χ4n) is 4.43. The van der Waals surface area contributed by atoms with Gasteiger partial charge < -0.3 is 9.67 Å². The maximum Gasteiger partial charge on any atom is 0.332 e. The summed E-state index contributed by atoms with van der Waals surface area (Å²) in [4.78, 5) is 38.6. The molecule has 4 rings (SSSR count). The standard InChI is InChI=1S/C24H25N3O4/c1-4-8-20(23(29)30)27-22(28)17-10-5-6-11-18(17)26(24(27)31)14-16-13-25(3)19-12-7-9-15(2)21(16)19/h5-7,9-13,20H,4,8,14H2,1-3H3,(H,29,30). The lowest BCUT2D eigenvalue weighted by molar-refractivity contribution is -0.141. The zero-order chi connectivity index (χ0) is 22.3. The molecule has 0 fully saturated rings. The van der Waals surface area contributed by atoms with E-state index in [-0.39, 0.29) is 13.0 Å². The molecule has 7 heteroatoms. The number of hydrogen-bond acceptors (Lipinski definition) is 3. The molecule has 0 spiro atoms. The number of nitrogens with zero attached hydrogens (tertiary/aromatic N) is 3. The van der Waals surface area contributed by atoms with Crippen LogP contribution in [-0.2, 0) is 18.4 Å². The van der Waals surface area contributed by atoms with Gasteiger partial charge in [0.25, 0.3) is 5.56 Å². The maximum atomic E-state index is 13.5. The molecule has 4 aromatic rings. The summed E-state index contributed by atoms with van der Waals surface area (Å²) >= 11 is 0. The number of aryl methyl sites for hydroxylation is 2. The van der Waals surface area contributed by atoms with Crippen molar-refractivity contribution in [3.8, 4) is 0 Å². The smallest absolute Gasteiger partial charge is 0.332 e. The second-order valence-electron chi connectivity index (χ2n) is 7.94. The summed E-state index contributed by atoms with van der Waals surface area (Å²) in [7, 11) is 1.95. The second-order valence-corrected chi connectivity index (χ2v) is 7.94. The Labute approximate surface area is 178 Å². The summed E-state index contributed by atoms with van der Waals surface area (Å²) in [5, 5.41) is 11.1. The first-order chi connectivity index (χ1) is 14.8. The average Bonchev–Trinajstić information content (AvgIpc) is 3.07. The predicted octanol–water partition coefficient (Wildman–Crippen LogP) is 3.44. The lowest BCUT2D eigenvalue weighted by atomic mass is 10.1. The van der Waals surface area contributed by atoms with Gasteiger partial charge in [-0.1, -0.05) is 37.6 Å². The number of benzene rings is 2. The molecule has 2 aromatic heterocycles. The van der Waals surface area contributed by atoms with Crippen molar-refractivity contribution in [1.82, 2.24) is 13.7 Å². The van der Waals surface area contributed by atoms with Crippen molar-refractivity contribution in [2.75, 3.05) is 0 Å². The Bertz CT molecular complexity index is 1420. The van der Waals surface area contributed by atoms with Crippen molar-refractivity contribution in [2.24, 2.45) is 7.05 Å². The molecular weight excluding hydrogens is 394 g/mol. The SMILES string of the molecule is CCCC(C(=O)O)n1c(=O)c2ccccc2n(Cc2cn(C)c3cccc(C)c23)c1=O. The molecule has 0 radical (unpaired) electrons. The van der Waals surface area contributed by atoms with Crippen LogP contribution in [0.3, 0.4) is 0 Å². The van der Waals surface area contributed by atoms with Crippen molar-refractivity contribution < 1.29 is 9.90 Å². The largest absolute Gasteiger partial charge is 0.480 e. The van der Waals surface area contributed by atoms with E-state index in [0.717, 1.165) is 26.6 Å². The zero-order valence-electron chi connectivity index (χ0n) is 17.8. The Balaban J connectivity index is 2.02. The van der Waals surface area contributed by atoms with Crippen molar-refractivity contribution in [3.63, 3.8) is 0 Å². The van der Waals surface area contributed by atoms with E-state index in [0.29, 0.717) is 17.3 Å². The molecule has 0 bridgehead atoms. The number of aliphatic carboxylic acids is 1. The highest BCUT2D eigenvalue weighted by atomic mass is 16.4. The summed E-state index contributed by atoms with van der Waals surface area (Å²) in [6.45, 7) is 4.09. The number of para-hydroxylation sites is 1. The molecule has 2 aromatic carbocycles. The van der Waals surface area contributed by atoms with E-state index in [1.807, 2.05) is 49.9 Å². The fourth-order valence-corrected chi connectivity index (χ4v) is 4.43. The van der Waals surface area contributed by atoms with Crippen molar-refractivity contribution in [2.45, 2.75) is 39.3 Å². The number of hydrogen-bond donors (Lipinski definition) is 1. The van der Waals surface area contributed by atoms with Crippen LogP contribution in [0, 0.1) is 6.92 Å². The van der Waals surface area contributed by atoms with Crippen LogP contribution in [0.2, 0.25) is 0 Å². The van der Waals surface area contributed by atoms with Gasteiger partial charge >= 0.3 is 11.7 Å². The molecule has 0 amide bonds. The molecule has 2 heterocycles. The predicted molar refractivity (Wildman–Crippen MR) is 121 cm³/mol. The third-order valence-corrected chi connectivity index (χ3v) is 5.87. The topological polar surface area (TPSA) is 86.2 Å². The minimum Gasteiger partial charge on any atom is -0.480 e. The lowest BCUT2D eigenvalue weighted by Crippen LogP contribution is -2.44. The van der Waals surface area contributed by atoms with Crippen LogP contribution in [0.5, 0.6) is 0 Å². The molecule has 1 N–H and O–H groups in total. The normalized spacial score (nSPS) is 12.5. The minimum atomic E-state index is -1.20. The molecular formula is C24H25N3O4. The maximum absolute atomic E-state index is 13.5. The van der Waals surface area contributed by atoms with Gasteiger partial charge in [0.2, 0.25) is 0 Å².